The predicted molar refractivity (Wildman–Crippen MR) is 68.2 cm³/mol. The third-order valence-corrected chi connectivity index (χ3v) is 4.72. The van der Waals surface area contributed by atoms with Gasteiger partial charge in [-0.2, -0.15) is 0 Å². The van der Waals surface area contributed by atoms with Crippen LogP contribution in [0.25, 0.3) is 0 Å². The maximum absolute atomic E-state index is 5.92. The summed E-state index contributed by atoms with van der Waals surface area (Å²) in [6.45, 7) is 3.13. The molecule has 0 radical (unpaired) electrons. The van der Waals surface area contributed by atoms with Gasteiger partial charge in [0.2, 0.25) is 0 Å². The Hall–Kier alpha value is 0.140. The topological polar surface area (TPSA) is 9.23 Å². The molecule has 1 nitrogen and oxygen atoms in total. The van der Waals surface area contributed by atoms with Gasteiger partial charge in [0.15, 0.2) is 0 Å². The molecule has 0 atom stereocenters. The van der Waals surface area contributed by atoms with E-state index in [0.717, 1.165) is 12.5 Å². The Bertz CT molecular complexity index is 302. The minimum Gasteiger partial charge on any atom is -0.373 e. The van der Waals surface area contributed by atoms with E-state index in [1.165, 1.54) is 35.0 Å². The molecule has 0 saturated heterocycles. The van der Waals surface area contributed by atoms with Crippen LogP contribution in [0.4, 0.5) is 0 Å². The van der Waals surface area contributed by atoms with Crippen molar-refractivity contribution in [1.82, 2.24) is 0 Å². The molecule has 0 bridgehead atoms. The molecule has 0 aliphatic heterocycles. The number of hydrogen-bond acceptors (Lipinski definition) is 2. The predicted octanol–water partition coefficient (Wildman–Crippen LogP) is 4.61. The summed E-state index contributed by atoms with van der Waals surface area (Å²) in [7, 11) is 0. The molecule has 1 aliphatic carbocycles. The van der Waals surface area contributed by atoms with E-state index in [0.29, 0.717) is 6.10 Å². The second kappa shape index (κ2) is 5.46. The van der Waals surface area contributed by atoms with Crippen LogP contribution in [0.3, 0.4) is 0 Å². The zero-order chi connectivity index (χ0) is 10.7. The Kier molecular flexibility index (Phi) is 4.23. The van der Waals surface area contributed by atoms with Gasteiger partial charge in [-0.15, -0.1) is 11.3 Å². The van der Waals surface area contributed by atoms with Gasteiger partial charge in [-0.1, -0.05) is 6.92 Å². The molecular weight excluding hydrogens is 272 g/mol. The summed E-state index contributed by atoms with van der Waals surface area (Å²) in [6, 6.07) is 2.15. The third kappa shape index (κ3) is 3.58. The quantitative estimate of drug-likeness (QED) is 0.789. The van der Waals surface area contributed by atoms with Gasteiger partial charge in [0.05, 0.1) is 12.7 Å². The summed E-state index contributed by atoms with van der Waals surface area (Å²) >= 11 is 5.23. The van der Waals surface area contributed by atoms with Crippen molar-refractivity contribution >= 4 is 27.3 Å². The Morgan fingerprint density at radius 1 is 1.40 bits per heavy atom. The SMILES string of the molecule is CC1CCC(OCc2cc(Br)cs2)CC1. The maximum Gasteiger partial charge on any atom is 0.0813 e. The smallest absolute Gasteiger partial charge is 0.0813 e. The highest BCUT2D eigenvalue weighted by Crippen LogP contribution is 2.27. The summed E-state index contributed by atoms with van der Waals surface area (Å²) < 4.78 is 7.09. The molecule has 1 aliphatic rings. The summed E-state index contributed by atoms with van der Waals surface area (Å²) in [6.07, 6.45) is 5.65. The lowest BCUT2D eigenvalue weighted by Gasteiger charge is -2.26. The van der Waals surface area contributed by atoms with Gasteiger partial charge in [0.1, 0.15) is 0 Å². The van der Waals surface area contributed by atoms with E-state index < -0.39 is 0 Å². The monoisotopic (exact) mass is 288 g/mol. The first-order valence-corrected chi connectivity index (χ1v) is 7.26. The molecule has 1 heterocycles. The van der Waals surface area contributed by atoms with Crippen LogP contribution in [-0.4, -0.2) is 6.10 Å². The first-order chi connectivity index (χ1) is 7.24. The largest absolute Gasteiger partial charge is 0.373 e. The molecule has 0 aromatic carbocycles. The molecule has 15 heavy (non-hydrogen) atoms. The van der Waals surface area contributed by atoms with E-state index in [1.54, 1.807) is 11.3 Å². The Morgan fingerprint density at radius 2 is 2.13 bits per heavy atom. The molecule has 2 rings (SSSR count). The van der Waals surface area contributed by atoms with Crippen LogP contribution in [0.1, 0.15) is 37.5 Å². The average Bonchev–Trinajstić information content (AvgIpc) is 2.64. The average molecular weight is 289 g/mol. The van der Waals surface area contributed by atoms with Crippen molar-refractivity contribution < 1.29 is 4.74 Å². The van der Waals surface area contributed by atoms with E-state index in [9.17, 15) is 0 Å². The molecule has 3 heteroatoms. The van der Waals surface area contributed by atoms with Crippen LogP contribution >= 0.6 is 27.3 Å². The molecule has 1 saturated carbocycles. The van der Waals surface area contributed by atoms with Crippen molar-refractivity contribution in [2.45, 2.75) is 45.3 Å². The van der Waals surface area contributed by atoms with E-state index >= 15 is 0 Å². The second-order valence-electron chi connectivity index (χ2n) is 4.42. The zero-order valence-electron chi connectivity index (χ0n) is 9.04. The summed E-state index contributed by atoms with van der Waals surface area (Å²) in [5, 5.41) is 2.11. The van der Waals surface area contributed by atoms with Gasteiger partial charge < -0.3 is 4.74 Å². The first-order valence-electron chi connectivity index (χ1n) is 5.58. The van der Waals surface area contributed by atoms with E-state index in [4.69, 9.17) is 4.74 Å². The fraction of sp³-hybridized carbons (Fsp3) is 0.667. The normalized spacial score (nSPS) is 26.8. The molecule has 1 aromatic rings. The number of thiophene rings is 1. The number of halogens is 1. The standard InChI is InChI=1S/C12H17BrOS/c1-9-2-4-11(5-3-9)14-7-12-6-10(13)8-15-12/h6,8-9,11H,2-5,7H2,1H3. The molecule has 0 unspecified atom stereocenters. The van der Waals surface area contributed by atoms with Gasteiger partial charge in [-0.05, 0) is 53.6 Å². The fourth-order valence-corrected chi connectivity index (χ4v) is 3.40. The number of ether oxygens (including phenoxy) is 1. The highest BCUT2D eigenvalue weighted by Gasteiger charge is 2.18. The molecule has 1 aromatic heterocycles. The molecule has 0 N–H and O–H groups in total. The van der Waals surface area contributed by atoms with E-state index in [-0.39, 0.29) is 0 Å². The van der Waals surface area contributed by atoms with Crippen molar-refractivity contribution in [2.75, 3.05) is 0 Å². The lowest BCUT2D eigenvalue weighted by atomic mass is 9.89. The zero-order valence-corrected chi connectivity index (χ0v) is 11.4. The summed E-state index contributed by atoms with van der Waals surface area (Å²) in [5.74, 6) is 0.903. The van der Waals surface area contributed by atoms with Crippen molar-refractivity contribution in [3.05, 3.63) is 20.8 Å². The van der Waals surface area contributed by atoms with Crippen molar-refractivity contribution in [3.63, 3.8) is 0 Å². The Balaban J connectivity index is 1.74. The van der Waals surface area contributed by atoms with Gasteiger partial charge >= 0.3 is 0 Å². The molecule has 0 amide bonds. The fourth-order valence-electron chi connectivity index (χ4n) is 2.03. The van der Waals surface area contributed by atoms with Gasteiger partial charge in [0, 0.05) is 14.7 Å². The molecule has 84 valence electrons. The summed E-state index contributed by atoms with van der Waals surface area (Å²) in [5.41, 5.74) is 0. The van der Waals surface area contributed by atoms with E-state index in [2.05, 4.69) is 34.3 Å². The van der Waals surface area contributed by atoms with Crippen LogP contribution < -0.4 is 0 Å². The van der Waals surface area contributed by atoms with Crippen molar-refractivity contribution in [2.24, 2.45) is 5.92 Å². The molecule has 1 fully saturated rings. The minimum absolute atomic E-state index is 0.502. The van der Waals surface area contributed by atoms with Crippen LogP contribution in [-0.2, 0) is 11.3 Å². The minimum atomic E-state index is 0.502. The van der Waals surface area contributed by atoms with Crippen molar-refractivity contribution in [3.8, 4) is 0 Å². The number of rotatable bonds is 3. The van der Waals surface area contributed by atoms with Gasteiger partial charge in [-0.25, -0.2) is 0 Å². The highest BCUT2D eigenvalue weighted by atomic mass is 79.9. The molecular formula is C12H17BrOS. The van der Waals surface area contributed by atoms with Crippen LogP contribution in [0.5, 0.6) is 0 Å². The van der Waals surface area contributed by atoms with Crippen LogP contribution in [0.15, 0.2) is 15.9 Å². The van der Waals surface area contributed by atoms with Gasteiger partial charge in [-0.3, -0.25) is 0 Å². The highest BCUT2D eigenvalue weighted by molar-refractivity contribution is 9.10. The first kappa shape index (κ1) is 11.6. The lowest BCUT2D eigenvalue weighted by Crippen LogP contribution is -2.19. The van der Waals surface area contributed by atoms with Crippen LogP contribution in [0.2, 0.25) is 0 Å². The molecule has 0 spiro atoms. The third-order valence-electron chi connectivity index (χ3n) is 3.05. The van der Waals surface area contributed by atoms with Crippen molar-refractivity contribution in [1.29, 1.82) is 0 Å². The second-order valence-corrected chi connectivity index (χ2v) is 6.34. The number of hydrogen-bond donors (Lipinski definition) is 0. The maximum atomic E-state index is 5.92. The Morgan fingerprint density at radius 3 is 2.73 bits per heavy atom. The van der Waals surface area contributed by atoms with Gasteiger partial charge in [0.25, 0.3) is 0 Å². The lowest BCUT2D eigenvalue weighted by molar-refractivity contribution is 0.0100. The Labute approximate surface area is 104 Å². The van der Waals surface area contributed by atoms with E-state index in [1.807, 2.05) is 0 Å². The van der Waals surface area contributed by atoms with Crippen LogP contribution in [0, 0.1) is 5.92 Å². The summed E-state index contributed by atoms with van der Waals surface area (Å²) in [4.78, 5) is 1.32.